The Bertz CT molecular complexity index is 396. The van der Waals surface area contributed by atoms with E-state index in [0.717, 1.165) is 5.56 Å². The van der Waals surface area contributed by atoms with Crippen LogP contribution < -0.4 is 10.1 Å². The van der Waals surface area contributed by atoms with E-state index in [4.69, 9.17) is 16.3 Å². The summed E-state index contributed by atoms with van der Waals surface area (Å²) in [4.78, 5) is 12.9. The maximum Gasteiger partial charge on any atom is 0.317 e. The Kier molecular flexibility index (Phi) is 5.10. The first-order valence-electron chi connectivity index (χ1n) is 5.42. The van der Waals surface area contributed by atoms with Crippen LogP contribution in [0.1, 0.15) is 12.5 Å². The molecule has 0 heterocycles. The van der Waals surface area contributed by atoms with Gasteiger partial charge in [-0.2, -0.15) is 0 Å². The number of urea groups is 1. The van der Waals surface area contributed by atoms with Crippen LogP contribution >= 0.6 is 11.6 Å². The number of amides is 2. The zero-order valence-corrected chi connectivity index (χ0v) is 11.0. The van der Waals surface area contributed by atoms with Crippen LogP contribution in [0.2, 0.25) is 5.02 Å². The normalized spacial score (nSPS) is 9.88. The molecular weight excluding hydrogens is 240 g/mol. The fraction of sp³-hybridized carbons (Fsp3) is 0.417. The molecule has 0 aliphatic rings. The maximum atomic E-state index is 11.3. The molecule has 94 valence electrons. The quantitative estimate of drug-likeness (QED) is 0.899. The largest absolute Gasteiger partial charge is 0.492 e. The Balaban J connectivity index is 2.73. The lowest BCUT2D eigenvalue weighted by molar-refractivity contribution is 0.209. The van der Waals surface area contributed by atoms with Gasteiger partial charge in [0.05, 0.1) is 11.6 Å². The number of halogens is 1. The minimum absolute atomic E-state index is 0.130. The van der Waals surface area contributed by atoms with Gasteiger partial charge in [0.25, 0.3) is 0 Å². The molecule has 0 spiro atoms. The molecule has 0 fully saturated rings. The van der Waals surface area contributed by atoms with E-state index in [0.29, 0.717) is 23.9 Å². The van der Waals surface area contributed by atoms with Crippen molar-refractivity contribution >= 4 is 17.6 Å². The first kappa shape index (κ1) is 13.6. The zero-order chi connectivity index (χ0) is 12.8. The number of nitrogens with zero attached hydrogens (tertiary/aromatic N) is 1. The number of ether oxygens (including phenoxy) is 1. The molecule has 17 heavy (non-hydrogen) atoms. The highest BCUT2D eigenvalue weighted by atomic mass is 35.5. The molecule has 0 radical (unpaired) electrons. The Labute approximate surface area is 107 Å². The molecule has 0 atom stereocenters. The Morgan fingerprint density at radius 2 is 2.24 bits per heavy atom. The van der Waals surface area contributed by atoms with Gasteiger partial charge in [0.2, 0.25) is 0 Å². The number of hydrogen-bond acceptors (Lipinski definition) is 2. The second kappa shape index (κ2) is 6.35. The molecule has 0 aliphatic carbocycles. The molecular formula is C12H17ClN2O2. The summed E-state index contributed by atoms with van der Waals surface area (Å²) in [6.45, 7) is 2.99. The monoisotopic (exact) mass is 256 g/mol. The van der Waals surface area contributed by atoms with Crippen molar-refractivity contribution in [2.75, 3.05) is 20.7 Å². The van der Waals surface area contributed by atoms with Gasteiger partial charge in [-0.25, -0.2) is 4.79 Å². The van der Waals surface area contributed by atoms with Gasteiger partial charge in [0.15, 0.2) is 0 Å². The van der Waals surface area contributed by atoms with E-state index < -0.39 is 0 Å². The number of nitrogens with one attached hydrogen (secondary N) is 1. The third-order valence-electron chi connectivity index (χ3n) is 2.28. The van der Waals surface area contributed by atoms with E-state index in [1.165, 1.54) is 0 Å². The third-order valence-corrected chi connectivity index (χ3v) is 2.57. The lowest BCUT2D eigenvalue weighted by Crippen LogP contribution is -2.34. The van der Waals surface area contributed by atoms with Crippen molar-refractivity contribution in [3.05, 3.63) is 28.8 Å². The van der Waals surface area contributed by atoms with Gasteiger partial charge in [-0.1, -0.05) is 17.7 Å². The van der Waals surface area contributed by atoms with Crippen molar-refractivity contribution in [1.82, 2.24) is 10.2 Å². The molecule has 0 saturated carbocycles. The highest BCUT2D eigenvalue weighted by Gasteiger charge is 2.08. The molecule has 1 N–H and O–H groups in total. The van der Waals surface area contributed by atoms with Crippen LogP contribution in [0.25, 0.3) is 0 Å². The molecule has 1 aromatic rings. The van der Waals surface area contributed by atoms with Gasteiger partial charge in [0, 0.05) is 20.6 Å². The van der Waals surface area contributed by atoms with Crippen molar-refractivity contribution in [2.24, 2.45) is 0 Å². The van der Waals surface area contributed by atoms with Gasteiger partial charge >= 0.3 is 6.03 Å². The molecule has 0 unspecified atom stereocenters. The first-order valence-corrected chi connectivity index (χ1v) is 5.80. The minimum atomic E-state index is -0.130. The van der Waals surface area contributed by atoms with Gasteiger partial charge in [-0.05, 0) is 24.6 Å². The Hall–Kier alpha value is -1.42. The molecule has 0 saturated heterocycles. The summed E-state index contributed by atoms with van der Waals surface area (Å²) >= 11 is 6.06. The highest BCUT2D eigenvalue weighted by Crippen LogP contribution is 2.25. The second-order valence-electron chi connectivity index (χ2n) is 3.61. The van der Waals surface area contributed by atoms with Crippen LogP contribution in [-0.2, 0) is 6.54 Å². The third kappa shape index (κ3) is 3.82. The molecule has 2 amide bonds. The molecule has 0 bridgehead atoms. The van der Waals surface area contributed by atoms with Crippen LogP contribution in [0.15, 0.2) is 18.2 Å². The molecule has 4 nitrogen and oxygen atoms in total. The van der Waals surface area contributed by atoms with Gasteiger partial charge in [-0.15, -0.1) is 0 Å². The van der Waals surface area contributed by atoms with Gasteiger partial charge < -0.3 is 15.0 Å². The summed E-state index contributed by atoms with van der Waals surface area (Å²) in [7, 11) is 3.33. The standard InChI is InChI=1S/C12H17ClN2O2/c1-4-17-11-6-5-9(7-10(11)13)8-15(3)12(16)14-2/h5-7H,4,8H2,1-3H3,(H,14,16). The molecule has 1 rings (SSSR count). The summed E-state index contributed by atoms with van der Waals surface area (Å²) in [5, 5.41) is 3.13. The Morgan fingerprint density at radius 1 is 1.53 bits per heavy atom. The van der Waals surface area contributed by atoms with E-state index in [1.54, 1.807) is 19.0 Å². The fourth-order valence-electron chi connectivity index (χ4n) is 1.45. The minimum Gasteiger partial charge on any atom is -0.492 e. The number of benzene rings is 1. The predicted molar refractivity (Wildman–Crippen MR) is 68.5 cm³/mol. The van der Waals surface area contributed by atoms with Crippen LogP contribution in [-0.4, -0.2) is 31.6 Å². The average molecular weight is 257 g/mol. The van der Waals surface area contributed by atoms with E-state index in [9.17, 15) is 4.79 Å². The average Bonchev–Trinajstić information content (AvgIpc) is 2.31. The summed E-state index contributed by atoms with van der Waals surface area (Å²) in [5.41, 5.74) is 0.963. The second-order valence-corrected chi connectivity index (χ2v) is 4.02. The summed E-state index contributed by atoms with van der Waals surface area (Å²) < 4.78 is 5.34. The van der Waals surface area contributed by atoms with E-state index in [2.05, 4.69) is 5.32 Å². The number of carbonyl (C=O) groups is 1. The highest BCUT2D eigenvalue weighted by molar-refractivity contribution is 6.32. The zero-order valence-electron chi connectivity index (χ0n) is 10.3. The first-order chi connectivity index (χ1) is 8.08. The Morgan fingerprint density at radius 3 is 2.76 bits per heavy atom. The van der Waals surface area contributed by atoms with Crippen LogP contribution in [0, 0.1) is 0 Å². The van der Waals surface area contributed by atoms with Crippen LogP contribution in [0.4, 0.5) is 4.79 Å². The maximum absolute atomic E-state index is 11.3. The van der Waals surface area contributed by atoms with Gasteiger partial charge in [0.1, 0.15) is 5.75 Å². The number of rotatable bonds is 4. The topological polar surface area (TPSA) is 41.6 Å². The number of hydrogen-bond donors (Lipinski definition) is 1. The smallest absolute Gasteiger partial charge is 0.317 e. The van der Waals surface area contributed by atoms with Crippen molar-refractivity contribution in [1.29, 1.82) is 0 Å². The summed E-state index contributed by atoms with van der Waals surface area (Å²) in [5.74, 6) is 0.667. The lowest BCUT2D eigenvalue weighted by Gasteiger charge is -2.17. The fourth-order valence-corrected chi connectivity index (χ4v) is 1.71. The summed E-state index contributed by atoms with van der Waals surface area (Å²) in [6.07, 6.45) is 0. The number of carbonyl (C=O) groups excluding carboxylic acids is 1. The summed E-state index contributed by atoms with van der Waals surface area (Å²) in [6, 6.07) is 5.40. The lowest BCUT2D eigenvalue weighted by atomic mass is 10.2. The molecule has 0 aliphatic heterocycles. The van der Waals surface area contributed by atoms with Crippen LogP contribution in [0.5, 0.6) is 5.75 Å². The van der Waals surface area contributed by atoms with E-state index >= 15 is 0 Å². The SMILES string of the molecule is CCOc1ccc(CN(C)C(=O)NC)cc1Cl. The van der Waals surface area contributed by atoms with Crippen molar-refractivity contribution < 1.29 is 9.53 Å². The predicted octanol–water partition coefficient (Wildman–Crippen LogP) is 2.51. The van der Waals surface area contributed by atoms with Crippen LogP contribution in [0.3, 0.4) is 0 Å². The van der Waals surface area contributed by atoms with E-state index in [1.807, 2.05) is 25.1 Å². The van der Waals surface area contributed by atoms with Crippen molar-refractivity contribution in [2.45, 2.75) is 13.5 Å². The van der Waals surface area contributed by atoms with Crippen molar-refractivity contribution in [3.8, 4) is 5.75 Å². The molecule has 0 aromatic heterocycles. The van der Waals surface area contributed by atoms with E-state index in [-0.39, 0.29) is 6.03 Å². The molecule has 1 aromatic carbocycles. The van der Waals surface area contributed by atoms with Gasteiger partial charge in [-0.3, -0.25) is 0 Å². The molecule has 5 heteroatoms. The van der Waals surface area contributed by atoms with Crippen molar-refractivity contribution in [3.63, 3.8) is 0 Å².